The molecule has 1 aliphatic heterocycles. The normalized spacial score (nSPS) is 17.3. The van der Waals surface area contributed by atoms with E-state index in [0.717, 1.165) is 36.5 Å². The van der Waals surface area contributed by atoms with Crippen molar-refractivity contribution in [1.82, 2.24) is 19.6 Å². The summed E-state index contributed by atoms with van der Waals surface area (Å²) in [6.45, 7) is 2.25. The van der Waals surface area contributed by atoms with E-state index in [1.807, 2.05) is 24.3 Å². The van der Waals surface area contributed by atoms with Crippen LogP contribution in [0.5, 0.6) is 5.75 Å². The van der Waals surface area contributed by atoms with Crippen LogP contribution in [0.1, 0.15) is 18.4 Å². The summed E-state index contributed by atoms with van der Waals surface area (Å²) in [7, 11) is 1.68. The van der Waals surface area contributed by atoms with Crippen molar-refractivity contribution in [2.45, 2.75) is 25.5 Å². The number of anilines is 1. The third kappa shape index (κ3) is 3.28. The lowest BCUT2D eigenvalue weighted by atomic mass is 10.2. The van der Waals surface area contributed by atoms with E-state index in [4.69, 9.17) is 9.47 Å². The number of methoxy groups -OCH3 is 1. The summed E-state index contributed by atoms with van der Waals surface area (Å²) in [5, 5.41) is 4.29. The first-order valence-corrected chi connectivity index (χ1v) is 8.47. The molecule has 2 aromatic heterocycles. The second-order valence-electron chi connectivity index (χ2n) is 6.13. The van der Waals surface area contributed by atoms with Gasteiger partial charge in [-0.05, 0) is 36.6 Å². The van der Waals surface area contributed by atoms with Gasteiger partial charge in [-0.3, -0.25) is 0 Å². The third-order valence-electron chi connectivity index (χ3n) is 4.54. The fraction of sp³-hybridized carbons (Fsp3) is 0.389. The molecule has 0 saturated carbocycles. The number of rotatable bonds is 6. The zero-order chi connectivity index (χ0) is 17.1. The Balaban J connectivity index is 1.42. The number of hydrogen-bond acceptors (Lipinski definition) is 6. The van der Waals surface area contributed by atoms with Gasteiger partial charge in [0, 0.05) is 12.7 Å². The van der Waals surface area contributed by atoms with Gasteiger partial charge in [0.1, 0.15) is 17.9 Å². The van der Waals surface area contributed by atoms with Gasteiger partial charge in [-0.25, -0.2) is 4.98 Å². The molecule has 0 unspecified atom stereocenters. The highest BCUT2D eigenvalue weighted by atomic mass is 16.5. The Bertz CT molecular complexity index is 850. The fourth-order valence-corrected chi connectivity index (χ4v) is 3.33. The molecule has 0 bridgehead atoms. The lowest BCUT2D eigenvalue weighted by molar-refractivity contribution is 0.108. The maximum atomic E-state index is 5.99. The molecule has 0 amide bonds. The Labute approximate surface area is 146 Å². The van der Waals surface area contributed by atoms with Gasteiger partial charge >= 0.3 is 0 Å². The van der Waals surface area contributed by atoms with Gasteiger partial charge in [0.05, 0.1) is 26.4 Å². The first-order chi connectivity index (χ1) is 12.3. The predicted molar refractivity (Wildman–Crippen MR) is 93.8 cm³/mol. The van der Waals surface area contributed by atoms with Crippen LogP contribution < -0.4 is 9.64 Å². The van der Waals surface area contributed by atoms with Crippen molar-refractivity contribution in [3.8, 4) is 5.75 Å². The highest BCUT2D eigenvalue weighted by Crippen LogP contribution is 2.25. The van der Waals surface area contributed by atoms with Gasteiger partial charge in [0.15, 0.2) is 0 Å². The summed E-state index contributed by atoms with van der Waals surface area (Å²) in [5.41, 5.74) is 1.12. The van der Waals surface area contributed by atoms with Crippen molar-refractivity contribution < 1.29 is 9.47 Å². The van der Waals surface area contributed by atoms with Crippen LogP contribution in [0.25, 0.3) is 5.78 Å². The maximum absolute atomic E-state index is 5.99. The molecule has 0 N–H and O–H groups in total. The summed E-state index contributed by atoms with van der Waals surface area (Å²) in [5.74, 6) is 2.50. The Morgan fingerprint density at radius 2 is 2.20 bits per heavy atom. The monoisotopic (exact) mass is 339 g/mol. The van der Waals surface area contributed by atoms with Gasteiger partial charge < -0.3 is 14.4 Å². The molecule has 7 nitrogen and oxygen atoms in total. The number of hydrogen-bond donors (Lipinski definition) is 0. The predicted octanol–water partition coefficient (Wildman–Crippen LogP) is 2.32. The summed E-state index contributed by atoms with van der Waals surface area (Å²) in [6.07, 6.45) is 5.57. The molecule has 0 aliphatic carbocycles. The molecule has 1 saturated heterocycles. The van der Waals surface area contributed by atoms with Crippen molar-refractivity contribution in [3.05, 3.63) is 48.4 Å². The van der Waals surface area contributed by atoms with Crippen LogP contribution in [0, 0.1) is 0 Å². The highest BCUT2D eigenvalue weighted by molar-refractivity contribution is 5.46. The van der Waals surface area contributed by atoms with Crippen molar-refractivity contribution in [2.75, 3.05) is 25.2 Å². The van der Waals surface area contributed by atoms with E-state index in [0.29, 0.717) is 25.0 Å². The van der Waals surface area contributed by atoms with Crippen LogP contribution in [-0.2, 0) is 11.3 Å². The average Bonchev–Trinajstić information content (AvgIpc) is 3.31. The molecule has 1 fully saturated rings. The van der Waals surface area contributed by atoms with Gasteiger partial charge in [-0.15, -0.1) is 0 Å². The average molecular weight is 339 g/mol. The maximum Gasteiger partial charge on any atom is 0.254 e. The van der Waals surface area contributed by atoms with E-state index in [1.165, 1.54) is 6.33 Å². The minimum absolute atomic E-state index is 0.334. The number of aromatic nitrogens is 4. The van der Waals surface area contributed by atoms with Crippen LogP contribution in [0.3, 0.4) is 0 Å². The van der Waals surface area contributed by atoms with E-state index in [1.54, 1.807) is 17.8 Å². The molecule has 130 valence electrons. The zero-order valence-corrected chi connectivity index (χ0v) is 14.2. The molecular formula is C18H21N5O2. The Morgan fingerprint density at radius 3 is 3.12 bits per heavy atom. The smallest absolute Gasteiger partial charge is 0.254 e. The summed E-state index contributed by atoms with van der Waals surface area (Å²) in [6, 6.07) is 10.3. The van der Waals surface area contributed by atoms with Crippen LogP contribution in [0.15, 0.2) is 42.9 Å². The molecule has 7 heteroatoms. The third-order valence-corrected chi connectivity index (χ3v) is 4.54. The molecule has 3 heterocycles. The zero-order valence-electron chi connectivity index (χ0n) is 14.2. The summed E-state index contributed by atoms with van der Waals surface area (Å²) in [4.78, 5) is 10.7. The van der Waals surface area contributed by atoms with Crippen LogP contribution in [0.4, 0.5) is 5.82 Å². The lowest BCUT2D eigenvalue weighted by Gasteiger charge is -2.26. The summed E-state index contributed by atoms with van der Waals surface area (Å²) < 4.78 is 13.0. The summed E-state index contributed by atoms with van der Waals surface area (Å²) >= 11 is 0. The Kier molecular flexibility index (Phi) is 4.47. The van der Waals surface area contributed by atoms with Crippen molar-refractivity contribution >= 4 is 11.6 Å². The van der Waals surface area contributed by atoms with E-state index in [9.17, 15) is 0 Å². The van der Waals surface area contributed by atoms with Gasteiger partial charge in [-0.1, -0.05) is 12.1 Å². The molecule has 3 aromatic rings. The Morgan fingerprint density at radius 1 is 1.24 bits per heavy atom. The largest absolute Gasteiger partial charge is 0.497 e. The minimum atomic E-state index is 0.334. The topological polar surface area (TPSA) is 64.8 Å². The molecule has 1 atom stereocenters. The molecule has 1 aromatic carbocycles. The highest BCUT2D eigenvalue weighted by Gasteiger charge is 2.27. The number of nitrogens with zero attached hydrogens (tertiary/aromatic N) is 5. The van der Waals surface area contributed by atoms with Crippen LogP contribution in [0.2, 0.25) is 0 Å². The number of ether oxygens (including phenoxy) is 2. The van der Waals surface area contributed by atoms with Crippen LogP contribution in [-0.4, -0.2) is 45.9 Å². The van der Waals surface area contributed by atoms with Crippen LogP contribution >= 0.6 is 0 Å². The Hall–Kier alpha value is -2.67. The first kappa shape index (κ1) is 15.8. The molecular weight excluding hydrogens is 318 g/mol. The molecule has 25 heavy (non-hydrogen) atoms. The lowest BCUT2D eigenvalue weighted by Crippen LogP contribution is -2.34. The molecule has 0 radical (unpaired) electrons. The van der Waals surface area contributed by atoms with Gasteiger partial charge in [-0.2, -0.15) is 14.6 Å². The van der Waals surface area contributed by atoms with E-state index < -0.39 is 0 Å². The van der Waals surface area contributed by atoms with E-state index in [-0.39, 0.29) is 0 Å². The van der Waals surface area contributed by atoms with E-state index >= 15 is 0 Å². The van der Waals surface area contributed by atoms with Gasteiger partial charge in [0.2, 0.25) is 0 Å². The number of fused-ring (bicyclic) bond motifs is 1. The second-order valence-corrected chi connectivity index (χ2v) is 6.13. The van der Waals surface area contributed by atoms with Crippen molar-refractivity contribution in [2.24, 2.45) is 0 Å². The van der Waals surface area contributed by atoms with Gasteiger partial charge in [0.25, 0.3) is 5.78 Å². The van der Waals surface area contributed by atoms with Crippen molar-refractivity contribution in [1.29, 1.82) is 0 Å². The standard InChI is InChI=1S/C18H21N5O2/c1-24-16-6-2-4-14(10-16)11-25-12-15-5-3-9-22(15)17-7-8-19-18-20-13-21-23(17)18/h2,4,6-8,10,13,15H,3,5,9,11-12H2,1H3/t15-/m1/s1. The second kappa shape index (κ2) is 7.06. The number of benzene rings is 1. The molecule has 1 aliphatic rings. The fourth-order valence-electron chi connectivity index (χ4n) is 3.33. The quantitative estimate of drug-likeness (QED) is 0.687. The SMILES string of the molecule is COc1cccc(COC[C@H]2CCCN2c2ccnc3ncnn23)c1. The molecule has 4 rings (SSSR count). The molecule has 0 spiro atoms. The van der Waals surface area contributed by atoms with E-state index in [2.05, 4.69) is 26.0 Å². The minimum Gasteiger partial charge on any atom is -0.497 e. The first-order valence-electron chi connectivity index (χ1n) is 8.47. The van der Waals surface area contributed by atoms with Crippen molar-refractivity contribution in [3.63, 3.8) is 0 Å².